The lowest BCUT2D eigenvalue weighted by atomic mass is 9.86. The Labute approximate surface area is 125 Å². The van der Waals surface area contributed by atoms with Crippen molar-refractivity contribution in [2.75, 3.05) is 19.6 Å². The smallest absolute Gasteiger partial charge is 0.0424 e. The highest BCUT2D eigenvalue weighted by molar-refractivity contribution is 5.29. The van der Waals surface area contributed by atoms with Crippen molar-refractivity contribution in [1.29, 1.82) is 0 Å². The summed E-state index contributed by atoms with van der Waals surface area (Å²) in [5.41, 5.74) is 9.17. The monoisotopic (exact) mass is 276 g/mol. The van der Waals surface area contributed by atoms with Gasteiger partial charge in [-0.2, -0.15) is 0 Å². The van der Waals surface area contributed by atoms with Crippen LogP contribution in [0.1, 0.15) is 58.7 Å². The second-order valence-electron chi connectivity index (χ2n) is 7.22. The molecule has 0 fully saturated rings. The van der Waals surface area contributed by atoms with Gasteiger partial charge in [-0.15, -0.1) is 0 Å². The molecule has 1 aromatic rings. The maximum Gasteiger partial charge on any atom is 0.0424 e. The Morgan fingerprint density at radius 3 is 2.00 bits per heavy atom. The zero-order valence-corrected chi connectivity index (χ0v) is 14.1. The minimum Gasteiger partial charge on any atom is -0.323 e. The second kappa shape index (κ2) is 7.24. The van der Waals surface area contributed by atoms with Crippen molar-refractivity contribution in [3.63, 3.8) is 0 Å². The van der Waals surface area contributed by atoms with Gasteiger partial charge in [0.25, 0.3) is 0 Å². The molecule has 2 nitrogen and oxygen atoms in total. The summed E-state index contributed by atoms with van der Waals surface area (Å²) in [6, 6.07) is 8.91. The average molecular weight is 276 g/mol. The molecule has 0 bridgehead atoms. The van der Waals surface area contributed by atoms with E-state index < -0.39 is 0 Å². The number of hydrogen-bond acceptors (Lipinski definition) is 2. The molecular weight excluding hydrogens is 244 g/mol. The van der Waals surface area contributed by atoms with E-state index in [4.69, 9.17) is 5.73 Å². The van der Waals surface area contributed by atoms with E-state index in [1.165, 1.54) is 11.1 Å². The van der Waals surface area contributed by atoms with Crippen LogP contribution < -0.4 is 5.73 Å². The Hall–Kier alpha value is -0.860. The summed E-state index contributed by atoms with van der Waals surface area (Å²) in [5, 5.41) is 0. The Balaban J connectivity index is 2.70. The summed E-state index contributed by atoms with van der Waals surface area (Å²) in [7, 11) is 0. The molecule has 1 rings (SSSR count). The summed E-state index contributed by atoms with van der Waals surface area (Å²) in [6.45, 7) is 16.5. The Morgan fingerprint density at radius 1 is 1.05 bits per heavy atom. The minimum atomic E-state index is 0.0997. The highest BCUT2D eigenvalue weighted by atomic mass is 15.1. The van der Waals surface area contributed by atoms with Crippen LogP contribution in [0.4, 0.5) is 0 Å². The molecule has 20 heavy (non-hydrogen) atoms. The first-order valence-corrected chi connectivity index (χ1v) is 7.82. The molecule has 0 aliphatic rings. The molecule has 1 aromatic carbocycles. The van der Waals surface area contributed by atoms with E-state index >= 15 is 0 Å². The summed E-state index contributed by atoms with van der Waals surface area (Å²) in [4.78, 5) is 2.44. The maximum absolute atomic E-state index is 6.36. The molecule has 1 atom stereocenters. The molecule has 2 N–H and O–H groups in total. The largest absolute Gasteiger partial charge is 0.323 e. The van der Waals surface area contributed by atoms with Crippen LogP contribution in [0.25, 0.3) is 0 Å². The van der Waals surface area contributed by atoms with Crippen molar-refractivity contribution in [3.05, 3.63) is 35.4 Å². The van der Waals surface area contributed by atoms with Crippen molar-refractivity contribution in [1.82, 2.24) is 4.90 Å². The average Bonchev–Trinajstić information content (AvgIpc) is 2.36. The molecule has 2 heteroatoms. The quantitative estimate of drug-likeness (QED) is 0.852. The molecule has 114 valence electrons. The number of rotatable bonds is 6. The second-order valence-corrected chi connectivity index (χ2v) is 7.22. The van der Waals surface area contributed by atoms with Crippen molar-refractivity contribution in [3.8, 4) is 0 Å². The molecule has 0 saturated heterocycles. The Morgan fingerprint density at radius 2 is 1.60 bits per heavy atom. The molecule has 0 amide bonds. The SMILES string of the molecule is CCN(CC(C)C)CC(N)c1ccc(C(C)(C)C)cc1. The number of hydrogen-bond donors (Lipinski definition) is 1. The van der Waals surface area contributed by atoms with Gasteiger partial charge in [0.1, 0.15) is 0 Å². The highest BCUT2D eigenvalue weighted by Gasteiger charge is 2.15. The zero-order valence-electron chi connectivity index (χ0n) is 14.1. The molecule has 0 spiro atoms. The maximum atomic E-state index is 6.36. The van der Waals surface area contributed by atoms with Crippen LogP contribution in [-0.2, 0) is 5.41 Å². The van der Waals surface area contributed by atoms with Gasteiger partial charge in [-0.3, -0.25) is 0 Å². The van der Waals surface area contributed by atoms with E-state index in [1.54, 1.807) is 0 Å². The molecule has 1 unspecified atom stereocenters. The van der Waals surface area contributed by atoms with Crippen LogP contribution in [-0.4, -0.2) is 24.5 Å². The van der Waals surface area contributed by atoms with E-state index in [2.05, 4.69) is 70.7 Å². The standard InChI is InChI=1S/C18H32N2/c1-7-20(12-14(2)3)13-17(19)15-8-10-16(11-9-15)18(4,5)6/h8-11,14,17H,7,12-13,19H2,1-6H3. The van der Waals surface area contributed by atoms with E-state index in [1.807, 2.05) is 0 Å². The molecule has 0 heterocycles. The molecule has 0 aromatic heterocycles. The van der Waals surface area contributed by atoms with Gasteiger partial charge in [-0.1, -0.05) is 65.8 Å². The van der Waals surface area contributed by atoms with Crippen LogP contribution in [0, 0.1) is 5.92 Å². The third kappa shape index (κ3) is 5.26. The van der Waals surface area contributed by atoms with Crippen LogP contribution in [0.3, 0.4) is 0 Å². The minimum absolute atomic E-state index is 0.0997. The van der Waals surface area contributed by atoms with Crippen LogP contribution >= 0.6 is 0 Å². The van der Waals surface area contributed by atoms with Gasteiger partial charge in [-0.25, -0.2) is 0 Å². The molecular formula is C18H32N2. The summed E-state index contributed by atoms with van der Waals surface area (Å²) in [6.07, 6.45) is 0. The van der Waals surface area contributed by atoms with E-state index in [-0.39, 0.29) is 11.5 Å². The number of nitrogens with zero attached hydrogens (tertiary/aromatic N) is 1. The van der Waals surface area contributed by atoms with E-state index in [9.17, 15) is 0 Å². The van der Waals surface area contributed by atoms with Crippen LogP contribution in [0.5, 0.6) is 0 Å². The zero-order chi connectivity index (χ0) is 15.3. The van der Waals surface area contributed by atoms with E-state index in [0.29, 0.717) is 5.92 Å². The highest BCUT2D eigenvalue weighted by Crippen LogP contribution is 2.23. The first-order valence-electron chi connectivity index (χ1n) is 7.82. The predicted molar refractivity (Wildman–Crippen MR) is 89.0 cm³/mol. The summed E-state index contributed by atoms with van der Waals surface area (Å²) >= 11 is 0. The molecule has 0 aliphatic heterocycles. The lowest BCUT2D eigenvalue weighted by Crippen LogP contribution is -2.34. The first kappa shape index (κ1) is 17.2. The van der Waals surface area contributed by atoms with Crippen molar-refractivity contribution in [2.45, 2.75) is 53.0 Å². The van der Waals surface area contributed by atoms with Gasteiger partial charge in [0.05, 0.1) is 0 Å². The lowest BCUT2D eigenvalue weighted by molar-refractivity contribution is 0.242. The van der Waals surface area contributed by atoms with Gasteiger partial charge >= 0.3 is 0 Å². The van der Waals surface area contributed by atoms with Crippen LogP contribution in [0.2, 0.25) is 0 Å². The fraction of sp³-hybridized carbons (Fsp3) is 0.667. The fourth-order valence-corrected chi connectivity index (χ4v) is 2.46. The summed E-state index contributed by atoms with van der Waals surface area (Å²) in [5.74, 6) is 0.686. The predicted octanol–water partition coefficient (Wildman–Crippen LogP) is 3.96. The molecule has 0 radical (unpaired) electrons. The Bertz CT molecular complexity index is 387. The van der Waals surface area contributed by atoms with Crippen molar-refractivity contribution in [2.24, 2.45) is 11.7 Å². The first-order chi connectivity index (χ1) is 9.24. The molecule has 0 saturated carbocycles. The number of nitrogens with two attached hydrogens (primary N) is 1. The van der Waals surface area contributed by atoms with Gasteiger partial charge in [0.15, 0.2) is 0 Å². The van der Waals surface area contributed by atoms with Gasteiger partial charge in [0, 0.05) is 19.1 Å². The van der Waals surface area contributed by atoms with Crippen molar-refractivity contribution < 1.29 is 0 Å². The van der Waals surface area contributed by atoms with Crippen LogP contribution in [0.15, 0.2) is 24.3 Å². The Kier molecular flexibility index (Phi) is 6.22. The topological polar surface area (TPSA) is 29.3 Å². The van der Waals surface area contributed by atoms with E-state index in [0.717, 1.165) is 19.6 Å². The van der Waals surface area contributed by atoms with Gasteiger partial charge in [0.2, 0.25) is 0 Å². The summed E-state index contributed by atoms with van der Waals surface area (Å²) < 4.78 is 0. The van der Waals surface area contributed by atoms with Crippen molar-refractivity contribution >= 4 is 0 Å². The third-order valence-electron chi connectivity index (χ3n) is 3.73. The van der Waals surface area contributed by atoms with Gasteiger partial charge in [-0.05, 0) is 29.0 Å². The number of benzene rings is 1. The molecule has 0 aliphatic carbocycles. The third-order valence-corrected chi connectivity index (χ3v) is 3.73. The normalized spacial score (nSPS) is 14.1. The number of likely N-dealkylation sites (N-methyl/N-ethyl adjacent to an activating group) is 1. The van der Waals surface area contributed by atoms with Gasteiger partial charge < -0.3 is 10.6 Å². The lowest BCUT2D eigenvalue weighted by Gasteiger charge is -2.26. The fourth-order valence-electron chi connectivity index (χ4n) is 2.46.